The summed E-state index contributed by atoms with van der Waals surface area (Å²) in [5.74, 6) is 0.288. The number of aryl methyl sites for hydroxylation is 2. The van der Waals surface area contributed by atoms with Gasteiger partial charge in [0.25, 0.3) is 5.91 Å². The van der Waals surface area contributed by atoms with E-state index < -0.39 is 0 Å². The fourth-order valence-electron chi connectivity index (χ4n) is 3.67. The summed E-state index contributed by atoms with van der Waals surface area (Å²) in [4.78, 5) is 24.1. The molecule has 30 heavy (non-hydrogen) atoms. The molecule has 1 amide bonds. The molecule has 1 saturated heterocycles. The van der Waals surface area contributed by atoms with Crippen molar-refractivity contribution < 1.29 is 9.18 Å². The maximum Gasteiger partial charge on any atom is 0.257 e. The number of rotatable bonds is 3. The first-order chi connectivity index (χ1) is 13.9. The average molecular weight is 429 g/mol. The molecule has 5 nitrogen and oxygen atoms in total. The molecule has 3 aromatic rings. The van der Waals surface area contributed by atoms with Gasteiger partial charge in [0.15, 0.2) is 5.65 Å². The van der Waals surface area contributed by atoms with Crippen LogP contribution in [0.25, 0.3) is 11.0 Å². The van der Waals surface area contributed by atoms with Crippen LogP contribution in [0.15, 0.2) is 36.5 Å². The van der Waals surface area contributed by atoms with Gasteiger partial charge in [0.05, 0.1) is 11.3 Å². The van der Waals surface area contributed by atoms with E-state index in [2.05, 4.69) is 22.2 Å². The normalized spacial score (nSPS) is 14.5. The fourth-order valence-corrected chi connectivity index (χ4v) is 3.67. The zero-order chi connectivity index (χ0) is 20.5. The Morgan fingerprint density at radius 3 is 2.60 bits per heavy atom. The van der Waals surface area contributed by atoms with Crippen molar-refractivity contribution in [2.45, 2.75) is 33.6 Å². The van der Waals surface area contributed by atoms with Crippen LogP contribution < -0.4 is 5.32 Å². The minimum Gasteiger partial charge on any atom is -0.354 e. The minimum absolute atomic E-state index is 0. The van der Waals surface area contributed by atoms with E-state index in [0.29, 0.717) is 34.1 Å². The molecular weight excluding hydrogens is 403 g/mol. The number of carbonyl (C=O) groups excluding carboxylic acids is 1. The Morgan fingerprint density at radius 2 is 1.90 bits per heavy atom. The van der Waals surface area contributed by atoms with Crippen LogP contribution in [-0.4, -0.2) is 33.9 Å². The molecule has 1 fully saturated rings. The summed E-state index contributed by atoms with van der Waals surface area (Å²) in [7, 11) is 0. The summed E-state index contributed by atoms with van der Waals surface area (Å²) in [5, 5.41) is 4.01. The van der Waals surface area contributed by atoms with Crippen molar-refractivity contribution in [1.29, 1.82) is 0 Å². The standard InChI is InChI=1S/C23H25FN4O.ClH/c1-14-8-10-28(11-9-14)23(29)19-13-25-22-18(7-5-16(3)26-22)21(19)27-17-6-4-15(2)20(24)12-17;/h4-7,12-14H,8-11H2,1-3H3,(H,25,26,27);1H. The van der Waals surface area contributed by atoms with Gasteiger partial charge in [-0.1, -0.05) is 13.0 Å². The van der Waals surface area contributed by atoms with Crippen LogP contribution in [0.5, 0.6) is 0 Å². The molecule has 0 unspecified atom stereocenters. The highest BCUT2D eigenvalue weighted by atomic mass is 35.5. The van der Waals surface area contributed by atoms with E-state index in [4.69, 9.17) is 0 Å². The van der Waals surface area contributed by atoms with Gasteiger partial charge in [-0.2, -0.15) is 0 Å². The number of anilines is 2. The number of pyridine rings is 2. The number of hydrogen-bond donors (Lipinski definition) is 1. The molecule has 1 N–H and O–H groups in total. The lowest BCUT2D eigenvalue weighted by Gasteiger charge is -2.31. The first-order valence-electron chi connectivity index (χ1n) is 10.0. The highest BCUT2D eigenvalue weighted by molar-refractivity contribution is 6.07. The molecule has 1 aliphatic heterocycles. The second-order valence-corrected chi connectivity index (χ2v) is 7.93. The highest BCUT2D eigenvalue weighted by Gasteiger charge is 2.25. The molecular formula is C23H26ClFN4O. The predicted molar refractivity (Wildman–Crippen MR) is 120 cm³/mol. The van der Waals surface area contributed by atoms with Crippen molar-refractivity contribution in [2.24, 2.45) is 5.92 Å². The Balaban J connectivity index is 0.00000256. The van der Waals surface area contributed by atoms with Gasteiger partial charge in [-0.3, -0.25) is 4.79 Å². The zero-order valence-corrected chi connectivity index (χ0v) is 18.2. The van der Waals surface area contributed by atoms with Gasteiger partial charge in [0.2, 0.25) is 0 Å². The first-order valence-corrected chi connectivity index (χ1v) is 10.0. The van der Waals surface area contributed by atoms with Crippen molar-refractivity contribution in [1.82, 2.24) is 14.9 Å². The van der Waals surface area contributed by atoms with E-state index in [1.54, 1.807) is 19.2 Å². The number of carbonyl (C=O) groups is 1. The molecule has 7 heteroatoms. The van der Waals surface area contributed by atoms with Crippen molar-refractivity contribution in [3.8, 4) is 0 Å². The first kappa shape index (κ1) is 22.0. The number of aromatic nitrogens is 2. The van der Waals surface area contributed by atoms with Crippen molar-refractivity contribution in [3.05, 3.63) is 59.2 Å². The molecule has 0 aliphatic carbocycles. The summed E-state index contributed by atoms with van der Waals surface area (Å²) < 4.78 is 14.1. The molecule has 1 aromatic carbocycles. The molecule has 3 heterocycles. The van der Waals surface area contributed by atoms with E-state index in [0.717, 1.165) is 37.0 Å². The van der Waals surface area contributed by atoms with E-state index in [9.17, 15) is 9.18 Å². The average Bonchev–Trinajstić information content (AvgIpc) is 2.71. The second kappa shape index (κ2) is 8.96. The number of halogens is 2. The quantitative estimate of drug-likeness (QED) is 0.604. The van der Waals surface area contributed by atoms with Crippen LogP contribution in [0.2, 0.25) is 0 Å². The van der Waals surface area contributed by atoms with Gasteiger partial charge < -0.3 is 10.2 Å². The topological polar surface area (TPSA) is 58.1 Å². The zero-order valence-electron chi connectivity index (χ0n) is 17.4. The fraction of sp³-hybridized carbons (Fsp3) is 0.348. The van der Waals surface area contributed by atoms with Gasteiger partial charge in [0.1, 0.15) is 5.82 Å². The summed E-state index contributed by atoms with van der Waals surface area (Å²) in [6.45, 7) is 7.31. The highest BCUT2D eigenvalue weighted by Crippen LogP contribution is 2.31. The molecule has 0 bridgehead atoms. The summed E-state index contributed by atoms with van der Waals surface area (Å²) in [6, 6.07) is 8.77. The van der Waals surface area contributed by atoms with Crippen LogP contribution in [0.4, 0.5) is 15.8 Å². The molecule has 0 atom stereocenters. The number of benzene rings is 1. The number of piperidine rings is 1. The second-order valence-electron chi connectivity index (χ2n) is 7.93. The SMILES string of the molecule is Cc1ccc2c(Nc3ccc(C)c(F)c3)c(C(=O)N3CCC(C)CC3)cnc2n1.Cl. The van der Waals surface area contributed by atoms with E-state index in [1.165, 1.54) is 6.07 Å². The van der Waals surface area contributed by atoms with Gasteiger partial charge >= 0.3 is 0 Å². The Kier molecular flexibility index (Phi) is 6.56. The number of hydrogen-bond acceptors (Lipinski definition) is 4. The van der Waals surface area contributed by atoms with Crippen LogP contribution in [0.3, 0.4) is 0 Å². The van der Waals surface area contributed by atoms with Crippen LogP contribution >= 0.6 is 12.4 Å². The third-order valence-corrected chi connectivity index (χ3v) is 5.61. The molecule has 0 saturated carbocycles. The predicted octanol–water partition coefficient (Wildman–Crippen LogP) is 5.42. The van der Waals surface area contributed by atoms with E-state index in [-0.39, 0.29) is 24.1 Å². The van der Waals surface area contributed by atoms with Crippen LogP contribution in [-0.2, 0) is 0 Å². The maximum atomic E-state index is 14.1. The molecule has 4 rings (SSSR count). The minimum atomic E-state index is -0.291. The molecule has 158 valence electrons. The lowest BCUT2D eigenvalue weighted by molar-refractivity contribution is 0.0698. The molecule has 1 aliphatic rings. The third kappa shape index (κ3) is 4.38. The summed E-state index contributed by atoms with van der Waals surface area (Å²) in [5.41, 5.74) is 3.67. The van der Waals surface area contributed by atoms with Crippen molar-refractivity contribution >= 4 is 40.7 Å². The van der Waals surface area contributed by atoms with Crippen LogP contribution in [0.1, 0.15) is 41.4 Å². The lowest BCUT2D eigenvalue weighted by atomic mass is 9.98. The smallest absolute Gasteiger partial charge is 0.257 e. The van der Waals surface area contributed by atoms with Gasteiger partial charge in [-0.15, -0.1) is 12.4 Å². The van der Waals surface area contributed by atoms with Crippen molar-refractivity contribution in [3.63, 3.8) is 0 Å². The summed E-state index contributed by atoms with van der Waals surface area (Å²) >= 11 is 0. The van der Waals surface area contributed by atoms with Crippen LogP contribution in [0, 0.1) is 25.6 Å². The number of likely N-dealkylation sites (tertiary alicyclic amines) is 1. The number of nitrogens with zero attached hydrogens (tertiary/aromatic N) is 3. The number of fused-ring (bicyclic) bond motifs is 1. The Morgan fingerprint density at radius 1 is 1.17 bits per heavy atom. The van der Waals surface area contributed by atoms with E-state index >= 15 is 0 Å². The summed E-state index contributed by atoms with van der Waals surface area (Å²) in [6.07, 6.45) is 3.58. The lowest BCUT2D eigenvalue weighted by Crippen LogP contribution is -2.38. The molecule has 0 spiro atoms. The molecule has 0 radical (unpaired) electrons. The Labute approximate surface area is 182 Å². The third-order valence-electron chi connectivity index (χ3n) is 5.61. The van der Waals surface area contributed by atoms with E-state index in [1.807, 2.05) is 30.0 Å². The van der Waals surface area contributed by atoms with Gasteiger partial charge in [-0.25, -0.2) is 14.4 Å². The Hall–Kier alpha value is -2.73. The van der Waals surface area contributed by atoms with Crippen molar-refractivity contribution in [2.75, 3.05) is 18.4 Å². The monoisotopic (exact) mass is 428 g/mol. The Bertz CT molecular complexity index is 1080. The number of nitrogens with one attached hydrogen (secondary N) is 1. The maximum absolute atomic E-state index is 14.1. The number of amides is 1. The largest absolute Gasteiger partial charge is 0.354 e. The van der Waals surface area contributed by atoms with Gasteiger partial charge in [0, 0.05) is 36.1 Å². The molecule has 2 aromatic heterocycles. The van der Waals surface area contributed by atoms with Gasteiger partial charge in [-0.05, 0) is 62.4 Å².